The Balaban J connectivity index is 2.06. The number of hydrogen-bond acceptors (Lipinski definition) is 3. The van der Waals surface area contributed by atoms with Gasteiger partial charge in [0, 0.05) is 23.2 Å². The molecule has 0 aliphatic rings. The van der Waals surface area contributed by atoms with Crippen LogP contribution >= 0.6 is 0 Å². The summed E-state index contributed by atoms with van der Waals surface area (Å²) in [7, 11) is 1.68. The van der Waals surface area contributed by atoms with E-state index in [9.17, 15) is 0 Å². The maximum atomic E-state index is 5.24. The largest absolute Gasteiger partial charge is 0.497 e. The van der Waals surface area contributed by atoms with E-state index in [1.807, 2.05) is 36.7 Å². The third-order valence-electron chi connectivity index (χ3n) is 3.86. The fraction of sp³-hybridized carbons (Fsp3) is 0.0526. The summed E-state index contributed by atoms with van der Waals surface area (Å²) in [5, 5.41) is 2.21. The molecule has 106 valence electrons. The first-order valence-corrected chi connectivity index (χ1v) is 7.14. The highest BCUT2D eigenvalue weighted by atomic mass is 16.5. The van der Waals surface area contributed by atoms with Gasteiger partial charge in [-0.25, -0.2) is 0 Å². The van der Waals surface area contributed by atoms with E-state index in [-0.39, 0.29) is 0 Å². The molecule has 0 saturated heterocycles. The molecule has 0 atom stereocenters. The molecule has 0 unspecified atom stereocenters. The van der Waals surface area contributed by atoms with Crippen LogP contribution in [0.3, 0.4) is 0 Å². The number of ether oxygens (including phenoxy) is 1. The zero-order chi connectivity index (χ0) is 14.9. The number of rotatable bonds is 2. The zero-order valence-electron chi connectivity index (χ0n) is 12.2. The Morgan fingerprint density at radius 3 is 2.32 bits per heavy atom. The standard InChI is InChI=1S/C19H14N2O/c1-22-15-8-6-13(7-9-15)17-12-14-4-2-10-20-18(14)19-16(17)5-3-11-21-19/h2-12H,1H3. The predicted octanol–water partition coefficient (Wildman–Crippen LogP) is 4.46. The minimum Gasteiger partial charge on any atom is -0.497 e. The molecule has 0 aliphatic carbocycles. The first kappa shape index (κ1) is 12.8. The third-order valence-corrected chi connectivity index (χ3v) is 3.86. The molecule has 0 saturated carbocycles. The average Bonchev–Trinajstić information content (AvgIpc) is 2.61. The van der Waals surface area contributed by atoms with Crippen molar-refractivity contribution in [2.24, 2.45) is 0 Å². The Morgan fingerprint density at radius 2 is 1.55 bits per heavy atom. The second-order valence-electron chi connectivity index (χ2n) is 5.13. The van der Waals surface area contributed by atoms with Crippen molar-refractivity contribution in [2.75, 3.05) is 7.11 Å². The van der Waals surface area contributed by atoms with Gasteiger partial charge in [0.25, 0.3) is 0 Å². The van der Waals surface area contributed by atoms with E-state index in [1.54, 1.807) is 7.11 Å². The first-order chi connectivity index (χ1) is 10.9. The van der Waals surface area contributed by atoms with Crippen molar-refractivity contribution in [3.63, 3.8) is 0 Å². The fourth-order valence-corrected chi connectivity index (χ4v) is 2.79. The van der Waals surface area contributed by atoms with E-state index < -0.39 is 0 Å². The van der Waals surface area contributed by atoms with Crippen LogP contribution in [0.4, 0.5) is 0 Å². The lowest BCUT2D eigenvalue weighted by Crippen LogP contribution is -1.89. The molecule has 0 spiro atoms. The summed E-state index contributed by atoms with van der Waals surface area (Å²) in [5.41, 5.74) is 4.18. The van der Waals surface area contributed by atoms with E-state index in [2.05, 4.69) is 40.3 Å². The number of methoxy groups -OCH3 is 1. The van der Waals surface area contributed by atoms with Crippen molar-refractivity contribution in [1.82, 2.24) is 9.97 Å². The number of fused-ring (bicyclic) bond motifs is 3. The van der Waals surface area contributed by atoms with E-state index in [1.165, 1.54) is 0 Å². The minimum atomic E-state index is 0.855. The molecule has 0 fully saturated rings. The van der Waals surface area contributed by atoms with Gasteiger partial charge in [0.05, 0.1) is 18.1 Å². The van der Waals surface area contributed by atoms with Gasteiger partial charge >= 0.3 is 0 Å². The molecule has 0 radical (unpaired) electrons. The predicted molar refractivity (Wildman–Crippen MR) is 89.0 cm³/mol. The summed E-state index contributed by atoms with van der Waals surface area (Å²) < 4.78 is 5.24. The summed E-state index contributed by atoms with van der Waals surface area (Å²) in [5.74, 6) is 0.855. The number of pyridine rings is 2. The van der Waals surface area contributed by atoms with Crippen LogP contribution in [0, 0.1) is 0 Å². The van der Waals surface area contributed by atoms with Crippen molar-refractivity contribution in [3.05, 3.63) is 67.0 Å². The number of aromatic nitrogens is 2. The van der Waals surface area contributed by atoms with E-state index in [4.69, 9.17) is 4.74 Å². The quantitative estimate of drug-likeness (QED) is 0.510. The van der Waals surface area contributed by atoms with Crippen LogP contribution in [0.25, 0.3) is 32.9 Å². The highest BCUT2D eigenvalue weighted by Crippen LogP contribution is 2.33. The monoisotopic (exact) mass is 286 g/mol. The van der Waals surface area contributed by atoms with Gasteiger partial charge in [-0.05, 0) is 41.5 Å². The first-order valence-electron chi connectivity index (χ1n) is 7.14. The van der Waals surface area contributed by atoms with Crippen molar-refractivity contribution < 1.29 is 4.74 Å². The van der Waals surface area contributed by atoms with Crippen LogP contribution in [-0.2, 0) is 0 Å². The second kappa shape index (κ2) is 5.11. The van der Waals surface area contributed by atoms with Crippen LogP contribution in [0.15, 0.2) is 67.0 Å². The summed E-state index contributed by atoms with van der Waals surface area (Å²) in [6.07, 6.45) is 3.62. The van der Waals surface area contributed by atoms with Crippen molar-refractivity contribution in [3.8, 4) is 16.9 Å². The van der Waals surface area contributed by atoms with Crippen molar-refractivity contribution in [2.45, 2.75) is 0 Å². The van der Waals surface area contributed by atoms with Gasteiger partial charge in [-0.2, -0.15) is 0 Å². The maximum Gasteiger partial charge on any atom is 0.118 e. The van der Waals surface area contributed by atoms with E-state index >= 15 is 0 Å². The van der Waals surface area contributed by atoms with Gasteiger partial charge in [0.2, 0.25) is 0 Å². The van der Waals surface area contributed by atoms with Gasteiger partial charge in [-0.1, -0.05) is 24.3 Å². The molecule has 2 heterocycles. The molecule has 0 amide bonds. The summed E-state index contributed by atoms with van der Waals surface area (Å²) in [6.45, 7) is 0. The maximum absolute atomic E-state index is 5.24. The number of hydrogen-bond donors (Lipinski definition) is 0. The van der Waals surface area contributed by atoms with Crippen molar-refractivity contribution >= 4 is 21.8 Å². The smallest absolute Gasteiger partial charge is 0.118 e. The van der Waals surface area contributed by atoms with Crippen molar-refractivity contribution in [1.29, 1.82) is 0 Å². The Bertz CT molecular complexity index is 962. The zero-order valence-corrected chi connectivity index (χ0v) is 12.2. The summed E-state index contributed by atoms with van der Waals surface area (Å²) >= 11 is 0. The molecular weight excluding hydrogens is 272 g/mol. The lowest BCUT2D eigenvalue weighted by molar-refractivity contribution is 0.415. The Kier molecular flexibility index (Phi) is 2.97. The third kappa shape index (κ3) is 1.99. The summed E-state index contributed by atoms with van der Waals surface area (Å²) in [6, 6.07) is 18.4. The molecule has 3 heteroatoms. The normalized spacial score (nSPS) is 11.0. The van der Waals surface area contributed by atoms with Crippen LogP contribution in [-0.4, -0.2) is 17.1 Å². The van der Waals surface area contributed by atoms with E-state index in [0.717, 1.165) is 38.7 Å². The van der Waals surface area contributed by atoms with Crippen LogP contribution in [0.2, 0.25) is 0 Å². The van der Waals surface area contributed by atoms with Gasteiger partial charge < -0.3 is 4.74 Å². The highest BCUT2D eigenvalue weighted by Gasteiger charge is 2.09. The molecule has 4 rings (SSSR count). The van der Waals surface area contributed by atoms with E-state index in [0.29, 0.717) is 0 Å². The molecule has 2 aromatic heterocycles. The summed E-state index contributed by atoms with van der Waals surface area (Å²) in [4.78, 5) is 9.03. The van der Waals surface area contributed by atoms with Crippen LogP contribution in [0.1, 0.15) is 0 Å². The Labute approximate surface area is 128 Å². The molecule has 22 heavy (non-hydrogen) atoms. The molecule has 0 aliphatic heterocycles. The Morgan fingerprint density at radius 1 is 0.818 bits per heavy atom. The van der Waals surface area contributed by atoms with Gasteiger partial charge in [0.15, 0.2) is 0 Å². The van der Waals surface area contributed by atoms with Crippen LogP contribution < -0.4 is 4.74 Å². The molecule has 0 N–H and O–H groups in total. The topological polar surface area (TPSA) is 35.0 Å². The van der Waals surface area contributed by atoms with Gasteiger partial charge in [-0.15, -0.1) is 0 Å². The lowest BCUT2D eigenvalue weighted by atomic mass is 9.98. The highest BCUT2D eigenvalue weighted by molar-refractivity contribution is 6.10. The SMILES string of the molecule is COc1ccc(-c2cc3cccnc3c3ncccc23)cc1. The molecule has 2 aromatic carbocycles. The van der Waals surface area contributed by atoms with Crippen LogP contribution in [0.5, 0.6) is 5.75 Å². The number of nitrogens with zero attached hydrogens (tertiary/aromatic N) is 2. The second-order valence-corrected chi connectivity index (χ2v) is 5.13. The number of benzene rings is 2. The van der Waals surface area contributed by atoms with Gasteiger partial charge in [0.1, 0.15) is 5.75 Å². The van der Waals surface area contributed by atoms with Gasteiger partial charge in [-0.3, -0.25) is 9.97 Å². The molecular formula is C19H14N2O. The average molecular weight is 286 g/mol. The molecule has 3 nitrogen and oxygen atoms in total. The Hall–Kier alpha value is -2.94. The lowest BCUT2D eigenvalue weighted by Gasteiger charge is -2.10. The fourth-order valence-electron chi connectivity index (χ4n) is 2.79. The minimum absolute atomic E-state index is 0.855. The molecule has 0 bridgehead atoms. The molecule has 4 aromatic rings.